The number of aromatic nitrogens is 3. The predicted molar refractivity (Wildman–Crippen MR) is 41.0 cm³/mol. The minimum Gasteiger partial charge on any atom is -0.258 e. The van der Waals surface area contributed by atoms with E-state index >= 15 is 0 Å². The van der Waals surface area contributed by atoms with Crippen LogP contribution < -0.4 is 0 Å². The standard InChI is InChI=1S/C6H5N3.Na.H/c1-2-4-6-5(3-1)7-9-8-6;;/h1-4H,(H,7,8,9);;. The van der Waals surface area contributed by atoms with E-state index in [0.29, 0.717) is 0 Å². The zero-order chi connectivity index (χ0) is 6.10. The Kier molecular flexibility index (Phi) is 2.43. The van der Waals surface area contributed by atoms with Gasteiger partial charge in [0, 0.05) is 0 Å². The van der Waals surface area contributed by atoms with E-state index in [4.69, 9.17) is 0 Å². The molecule has 0 amide bonds. The van der Waals surface area contributed by atoms with E-state index in [-0.39, 0.29) is 29.6 Å². The van der Waals surface area contributed by atoms with Crippen LogP contribution in [0.5, 0.6) is 0 Å². The maximum atomic E-state index is 3.81. The van der Waals surface area contributed by atoms with Gasteiger partial charge in [0.05, 0.1) is 5.52 Å². The Morgan fingerprint density at radius 3 is 2.80 bits per heavy atom. The molecule has 0 unspecified atom stereocenters. The molecule has 46 valence electrons. The molecule has 0 atom stereocenters. The Labute approximate surface area is 80.1 Å². The molecular formula is C6H6N3Na. The van der Waals surface area contributed by atoms with Gasteiger partial charge in [-0.15, -0.1) is 5.10 Å². The average molecular weight is 143 g/mol. The Morgan fingerprint density at radius 2 is 2.00 bits per heavy atom. The third kappa shape index (κ3) is 1.21. The van der Waals surface area contributed by atoms with Crippen molar-refractivity contribution in [2.24, 2.45) is 0 Å². The van der Waals surface area contributed by atoms with Gasteiger partial charge in [-0.3, -0.25) is 5.10 Å². The van der Waals surface area contributed by atoms with Crippen LogP contribution in [0, 0.1) is 0 Å². The molecule has 1 aromatic heterocycles. The van der Waals surface area contributed by atoms with E-state index < -0.39 is 0 Å². The second kappa shape index (κ2) is 3.14. The molecule has 0 fully saturated rings. The first-order chi connectivity index (χ1) is 4.47. The number of hydrogen-bond acceptors (Lipinski definition) is 2. The van der Waals surface area contributed by atoms with E-state index in [1.165, 1.54) is 0 Å². The number of nitrogens with one attached hydrogen (secondary N) is 1. The molecule has 0 bridgehead atoms. The monoisotopic (exact) mass is 143 g/mol. The second-order valence-corrected chi connectivity index (χ2v) is 1.83. The van der Waals surface area contributed by atoms with Crippen LogP contribution in [0.4, 0.5) is 0 Å². The van der Waals surface area contributed by atoms with Crippen LogP contribution in [0.1, 0.15) is 0 Å². The van der Waals surface area contributed by atoms with Crippen molar-refractivity contribution in [3.63, 3.8) is 0 Å². The molecule has 2 aromatic rings. The van der Waals surface area contributed by atoms with Gasteiger partial charge in [0.1, 0.15) is 5.52 Å². The van der Waals surface area contributed by atoms with E-state index in [1.807, 2.05) is 24.3 Å². The van der Waals surface area contributed by atoms with Crippen molar-refractivity contribution < 1.29 is 0 Å². The first-order valence-corrected chi connectivity index (χ1v) is 2.72. The quantitative estimate of drug-likeness (QED) is 0.539. The third-order valence-electron chi connectivity index (χ3n) is 1.23. The molecule has 0 saturated heterocycles. The van der Waals surface area contributed by atoms with Gasteiger partial charge in [-0.05, 0) is 12.1 Å². The fourth-order valence-corrected chi connectivity index (χ4v) is 0.788. The summed E-state index contributed by atoms with van der Waals surface area (Å²) in [6.45, 7) is 0. The topological polar surface area (TPSA) is 41.6 Å². The fraction of sp³-hybridized carbons (Fsp3) is 0. The summed E-state index contributed by atoms with van der Waals surface area (Å²) < 4.78 is 0. The van der Waals surface area contributed by atoms with Crippen LogP contribution >= 0.6 is 0 Å². The maximum Gasteiger partial charge on any atom is 0.112 e. The van der Waals surface area contributed by atoms with E-state index in [1.54, 1.807) is 0 Å². The van der Waals surface area contributed by atoms with Crippen molar-refractivity contribution in [1.29, 1.82) is 0 Å². The van der Waals surface area contributed by atoms with Crippen LogP contribution in [-0.2, 0) is 0 Å². The Bertz CT molecular complexity index is 287. The van der Waals surface area contributed by atoms with Gasteiger partial charge in [0.15, 0.2) is 0 Å². The molecule has 0 aliphatic heterocycles. The van der Waals surface area contributed by atoms with E-state index in [9.17, 15) is 0 Å². The predicted octanol–water partition coefficient (Wildman–Crippen LogP) is 0.309. The number of benzene rings is 1. The third-order valence-corrected chi connectivity index (χ3v) is 1.23. The first-order valence-electron chi connectivity index (χ1n) is 2.72. The summed E-state index contributed by atoms with van der Waals surface area (Å²) in [5.74, 6) is 0. The van der Waals surface area contributed by atoms with Crippen LogP contribution in [0.3, 0.4) is 0 Å². The molecule has 0 saturated carbocycles. The molecule has 1 N–H and O–H groups in total. The number of H-pyrrole nitrogens is 1. The summed E-state index contributed by atoms with van der Waals surface area (Å²) in [5.41, 5.74) is 1.90. The van der Waals surface area contributed by atoms with Crippen LogP contribution in [-0.4, -0.2) is 45.0 Å². The molecule has 3 nitrogen and oxygen atoms in total. The van der Waals surface area contributed by atoms with Gasteiger partial charge in [-0.1, -0.05) is 17.3 Å². The number of fused-ring (bicyclic) bond motifs is 1. The number of hydrogen-bond donors (Lipinski definition) is 1. The van der Waals surface area contributed by atoms with Gasteiger partial charge in [0.2, 0.25) is 0 Å². The van der Waals surface area contributed by atoms with E-state index in [2.05, 4.69) is 15.4 Å². The molecule has 4 heteroatoms. The van der Waals surface area contributed by atoms with Gasteiger partial charge < -0.3 is 0 Å². The molecule has 0 spiro atoms. The largest absolute Gasteiger partial charge is 0.258 e. The summed E-state index contributed by atoms with van der Waals surface area (Å²) in [6.07, 6.45) is 0. The molecule has 0 aliphatic rings. The summed E-state index contributed by atoms with van der Waals surface area (Å²) in [7, 11) is 0. The van der Waals surface area contributed by atoms with Crippen molar-refractivity contribution in [2.45, 2.75) is 0 Å². The molecule has 10 heavy (non-hydrogen) atoms. The zero-order valence-corrected chi connectivity index (χ0v) is 4.70. The van der Waals surface area contributed by atoms with Gasteiger partial charge in [0.25, 0.3) is 0 Å². The van der Waals surface area contributed by atoms with Crippen molar-refractivity contribution in [1.82, 2.24) is 15.4 Å². The summed E-state index contributed by atoms with van der Waals surface area (Å²) >= 11 is 0. The number of para-hydroxylation sites is 1. The Hall–Kier alpha value is -0.380. The van der Waals surface area contributed by atoms with Gasteiger partial charge in [-0.25, -0.2) is 0 Å². The van der Waals surface area contributed by atoms with Gasteiger partial charge in [-0.2, -0.15) is 0 Å². The van der Waals surface area contributed by atoms with Crippen molar-refractivity contribution in [2.75, 3.05) is 0 Å². The molecule has 1 heterocycles. The van der Waals surface area contributed by atoms with Crippen LogP contribution in [0.15, 0.2) is 24.3 Å². The van der Waals surface area contributed by atoms with Crippen molar-refractivity contribution in [3.8, 4) is 0 Å². The van der Waals surface area contributed by atoms with Crippen LogP contribution in [0.2, 0.25) is 0 Å². The molecule has 2 rings (SSSR count). The summed E-state index contributed by atoms with van der Waals surface area (Å²) in [6, 6.07) is 7.74. The molecule has 0 aliphatic carbocycles. The molecular weight excluding hydrogens is 137 g/mol. The second-order valence-electron chi connectivity index (χ2n) is 1.83. The fourth-order valence-electron chi connectivity index (χ4n) is 0.788. The summed E-state index contributed by atoms with van der Waals surface area (Å²) in [5, 5.41) is 10.2. The minimum absolute atomic E-state index is 0. The molecule has 0 radical (unpaired) electrons. The number of rotatable bonds is 0. The summed E-state index contributed by atoms with van der Waals surface area (Å²) in [4.78, 5) is 0. The van der Waals surface area contributed by atoms with E-state index in [0.717, 1.165) is 11.0 Å². The number of aromatic amines is 1. The van der Waals surface area contributed by atoms with Crippen LogP contribution in [0.25, 0.3) is 11.0 Å². The van der Waals surface area contributed by atoms with Crippen molar-refractivity contribution >= 4 is 40.6 Å². The Balaban J connectivity index is 0.000000500. The smallest absolute Gasteiger partial charge is 0.112 e. The zero-order valence-electron chi connectivity index (χ0n) is 4.70. The Morgan fingerprint density at radius 1 is 1.20 bits per heavy atom. The minimum atomic E-state index is 0. The molecule has 1 aromatic carbocycles. The first kappa shape index (κ1) is 7.72. The maximum absolute atomic E-state index is 3.81. The van der Waals surface area contributed by atoms with Crippen molar-refractivity contribution in [3.05, 3.63) is 24.3 Å². The average Bonchev–Trinajstić information content (AvgIpc) is 2.33. The normalized spacial score (nSPS) is 9.20. The SMILES string of the molecule is [NaH].c1ccc2[nH]nnc2c1. The van der Waals surface area contributed by atoms with Gasteiger partial charge >= 0.3 is 29.6 Å². The number of nitrogens with zero attached hydrogens (tertiary/aromatic N) is 2.